The van der Waals surface area contributed by atoms with E-state index < -0.39 is 5.97 Å². The number of anilines is 1. The normalized spacial score (nSPS) is 10.9. The van der Waals surface area contributed by atoms with Crippen molar-refractivity contribution < 1.29 is 14.3 Å². The van der Waals surface area contributed by atoms with E-state index in [1.54, 1.807) is 22.8 Å². The number of nitrogens with zero attached hydrogens (tertiary/aromatic N) is 3. The Balaban J connectivity index is 1.70. The van der Waals surface area contributed by atoms with Crippen LogP contribution in [0.1, 0.15) is 27.7 Å². The Kier molecular flexibility index (Phi) is 6.53. The lowest BCUT2D eigenvalue weighted by atomic mass is 10.1. The topological polar surface area (TPSA) is 86.1 Å². The van der Waals surface area contributed by atoms with Crippen molar-refractivity contribution in [2.45, 2.75) is 32.5 Å². The molecule has 7 nitrogen and oxygen atoms in total. The summed E-state index contributed by atoms with van der Waals surface area (Å²) in [5, 5.41) is 16.4. The number of methoxy groups -OCH3 is 1. The van der Waals surface area contributed by atoms with Gasteiger partial charge in [0.2, 0.25) is 5.91 Å². The minimum atomic E-state index is -0.471. The molecule has 3 heterocycles. The Morgan fingerprint density at radius 2 is 2.07 bits per heavy atom. The SMILES string of the molecule is CCn1c(SCC(=O)Nc2sccc2C(=O)OC)nnc1-c1csc(C)c1C. The number of esters is 1. The Labute approximate surface area is 175 Å². The van der Waals surface area contributed by atoms with Gasteiger partial charge in [-0.05, 0) is 37.8 Å². The van der Waals surface area contributed by atoms with Gasteiger partial charge >= 0.3 is 5.97 Å². The maximum Gasteiger partial charge on any atom is 0.340 e. The largest absolute Gasteiger partial charge is 0.465 e. The van der Waals surface area contributed by atoms with Crippen LogP contribution in [-0.2, 0) is 16.1 Å². The zero-order valence-corrected chi connectivity index (χ0v) is 18.4. The van der Waals surface area contributed by atoms with E-state index >= 15 is 0 Å². The maximum absolute atomic E-state index is 12.3. The van der Waals surface area contributed by atoms with E-state index in [9.17, 15) is 9.59 Å². The summed E-state index contributed by atoms with van der Waals surface area (Å²) in [6, 6.07) is 1.63. The minimum Gasteiger partial charge on any atom is -0.465 e. The third-order valence-corrected chi connectivity index (χ3v) is 7.03. The zero-order chi connectivity index (χ0) is 20.3. The first-order valence-electron chi connectivity index (χ1n) is 8.53. The fourth-order valence-corrected chi connectivity index (χ4v) is 5.04. The van der Waals surface area contributed by atoms with Crippen LogP contribution in [0, 0.1) is 13.8 Å². The van der Waals surface area contributed by atoms with Crippen molar-refractivity contribution in [1.82, 2.24) is 14.8 Å². The smallest absolute Gasteiger partial charge is 0.340 e. The molecule has 3 rings (SSSR count). The van der Waals surface area contributed by atoms with Crippen molar-refractivity contribution in [3.63, 3.8) is 0 Å². The molecule has 0 saturated heterocycles. The summed E-state index contributed by atoms with van der Waals surface area (Å²) in [6.45, 7) is 6.90. The first kappa shape index (κ1) is 20.6. The molecular weight excluding hydrogens is 416 g/mol. The lowest BCUT2D eigenvalue weighted by molar-refractivity contribution is -0.113. The summed E-state index contributed by atoms with van der Waals surface area (Å²) in [5.41, 5.74) is 2.64. The van der Waals surface area contributed by atoms with E-state index in [0.29, 0.717) is 22.3 Å². The second-order valence-electron chi connectivity index (χ2n) is 5.87. The standard InChI is InChI=1S/C18H20N4O3S3/c1-5-22-15(13-8-27-11(3)10(13)2)20-21-18(22)28-9-14(23)19-16-12(6-7-26-16)17(24)25-4/h6-8H,5,9H2,1-4H3,(H,19,23). The van der Waals surface area contributed by atoms with Crippen LogP contribution in [0.4, 0.5) is 5.00 Å². The molecule has 0 bridgehead atoms. The predicted molar refractivity (Wildman–Crippen MR) is 113 cm³/mol. The highest BCUT2D eigenvalue weighted by Crippen LogP contribution is 2.31. The number of aryl methyl sites for hydroxylation is 1. The van der Waals surface area contributed by atoms with Crippen LogP contribution in [0.2, 0.25) is 0 Å². The monoisotopic (exact) mass is 436 g/mol. The van der Waals surface area contributed by atoms with Gasteiger partial charge in [-0.1, -0.05) is 11.8 Å². The van der Waals surface area contributed by atoms with Gasteiger partial charge < -0.3 is 14.6 Å². The molecule has 0 fully saturated rings. The number of amides is 1. The first-order chi connectivity index (χ1) is 13.5. The maximum atomic E-state index is 12.3. The number of aromatic nitrogens is 3. The van der Waals surface area contributed by atoms with Gasteiger partial charge in [0, 0.05) is 22.4 Å². The number of nitrogens with one attached hydrogen (secondary N) is 1. The van der Waals surface area contributed by atoms with Crippen LogP contribution in [0.5, 0.6) is 0 Å². The van der Waals surface area contributed by atoms with Gasteiger partial charge in [0.15, 0.2) is 11.0 Å². The Bertz CT molecular complexity index is 1010. The van der Waals surface area contributed by atoms with Crippen molar-refractivity contribution in [3.05, 3.63) is 32.8 Å². The number of rotatable bonds is 7. The quantitative estimate of drug-likeness (QED) is 0.441. The van der Waals surface area contributed by atoms with Crippen LogP contribution < -0.4 is 5.32 Å². The number of ether oxygens (including phenoxy) is 1. The summed E-state index contributed by atoms with van der Waals surface area (Å²) >= 11 is 4.29. The van der Waals surface area contributed by atoms with Gasteiger partial charge in [0.25, 0.3) is 0 Å². The van der Waals surface area contributed by atoms with Crippen LogP contribution in [-0.4, -0.2) is 39.5 Å². The first-order valence-corrected chi connectivity index (χ1v) is 11.3. The lowest BCUT2D eigenvalue weighted by Crippen LogP contribution is -2.16. The minimum absolute atomic E-state index is 0.165. The Morgan fingerprint density at radius 3 is 2.71 bits per heavy atom. The predicted octanol–water partition coefficient (Wildman–Crippen LogP) is 4.22. The number of carbonyl (C=O) groups is 2. The summed E-state index contributed by atoms with van der Waals surface area (Å²) in [5.74, 6) is 0.296. The van der Waals surface area contributed by atoms with E-state index in [4.69, 9.17) is 4.74 Å². The average Bonchev–Trinajstić information content (AvgIpc) is 3.39. The third kappa shape index (κ3) is 4.13. The van der Waals surface area contributed by atoms with Crippen molar-refractivity contribution in [1.29, 1.82) is 0 Å². The van der Waals surface area contributed by atoms with Gasteiger partial charge in [-0.2, -0.15) is 0 Å². The molecule has 0 saturated carbocycles. The van der Waals surface area contributed by atoms with Gasteiger partial charge in [0.05, 0.1) is 18.4 Å². The zero-order valence-electron chi connectivity index (χ0n) is 15.9. The van der Waals surface area contributed by atoms with E-state index in [2.05, 4.69) is 34.7 Å². The molecule has 3 aromatic heterocycles. The second kappa shape index (κ2) is 8.89. The number of thioether (sulfide) groups is 1. The molecule has 0 aliphatic rings. The van der Waals surface area contributed by atoms with Crippen molar-refractivity contribution in [3.8, 4) is 11.4 Å². The molecule has 0 spiro atoms. The van der Waals surface area contributed by atoms with Gasteiger partial charge in [0.1, 0.15) is 5.00 Å². The highest BCUT2D eigenvalue weighted by atomic mass is 32.2. The number of thiophene rings is 2. The summed E-state index contributed by atoms with van der Waals surface area (Å²) in [7, 11) is 1.31. The Hall–Kier alpha value is -2.17. The molecule has 1 amide bonds. The van der Waals surface area contributed by atoms with Gasteiger partial charge in [-0.15, -0.1) is 32.9 Å². The lowest BCUT2D eigenvalue weighted by Gasteiger charge is -2.08. The molecule has 1 N–H and O–H groups in total. The highest BCUT2D eigenvalue weighted by molar-refractivity contribution is 7.99. The highest BCUT2D eigenvalue weighted by Gasteiger charge is 2.19. The summed E-state index contributed by atoms with van der Waals surface area (Å²) in [4.78, 5) is 25.3. The Morgan fingerprint density at radius 1 is 1.29 bits per heavy atom. The third-order valence-electron chi connectivity index (χ3n) is 4.22. The molecule has 0 radical (unpaired) electrons. The molecule has 10 heteroatoms. The average molecular weight is 437 g/mol. The number of hydrogen-bond acceptors (Lipinski definition) is 8. The molecule has 148 valence electrons. The van der Waals surface area contributed by atoms with Crippen molar-refractivity contribution in [2.24, 2.45) is 0 Å². The molecule has 0 unspecified atom stereocenters. The van der Waals surface area contributed by atoms with Crippen LogP contribution in [0.25, 0.3) is 11.4 Å². The molecule has 0 atom stereocenters. The summed E-state index contributed by atoms with van der Waals surface area (Å²) < 4.78 is 6.73. The molecule has 28 heavy (non-hydrogen) atoms. The van der Waals surface area contributed by atoms with E-state index in [1.807, 2.05) is 11.5 Å². The number of carbonyl (C=O) groups excluding carboxylic acids is 2. The fourth-order valence-electron chi connectivity index (χ4n) is 2.58. The van der Waals surface area contributed by atoms with Crippen LogP contribution in [0.3, 0.4) is 0 Å². The fraction of sp³-hybridized carbons (Fsp3) is 0.333. The molecule has 0 aliphatic carbocycles. The van der Waals surface area contributed by atoms with E-state index in [0.717, 1.165) is 11.4 Å². The number of hydrogen-bond donors (Lipinski definition) is 1. The molecule has 0 aliphatic heterocycles. The van der Waals surface area contributed by atoms with Crippen molar-refractivity contribution >= 4 is 51.3 Å². The van der Waals surface area contributed by atoms with Crippen molar-refractivity contribution in [2.75, 3.05) is 18.2 Å². The van der Waals surface area contributed by atoms with Gasteiger partial charge in [-0.3, -0.25) is 4.79 Å². The second-order valence-corrected chi connectivity index (χ2v) is 8.82. The van der Waals surface area contributed by atoms with E-state index in [-0.39, 0.29) is 11.7 Å². The molecule has 0 aromatic carbocycles. The van der Waals surface area contributed by atoms with Gasteiger partial charge in [-0.25, -0.2) is 4.79 Å². The van der Waals surface area contributed by atoms with E-state index in [1.165, 1.54) is 40.6 Å². The van der Waals surface area contributed by atoms with Crippen LogP contribution >= 0.6 is 34.4 Å². The van der Waals surface area contributed by atoms with Crippen LogP contribution in [0.15, 0.2) is 22.0 Å². The molecular formula is C18H20N4O3S3. The summed E-state index contributed by atoms with van der Waals surface area (Å²) in [6.07, 6.45) is 0. The molecule has 3 aromatic rings.